The highest BCUT2D eigenvalue weighted by Crippen LogP contribution is 2.26. The second-order valence-corrected chi connectivity index (χ2v) is 9.55. The van der Waals surface area contributed by atoms with E-state index in [1.165, 1.54) is 0 Å². The van der Waals surface area contributed by atoms with Crippen molar-refractivity contribution in [3.05, 3.63) is 53.7 Å². The van der Waals surface area contributed by atoms with Gasteiger partial charge in [-0.25, -0.2) is 22.2 Å². The van der Waals surface area contributed by atoms with Crippen molar-refractivity contribution in [1.82, 2.24) is 14.6 Å². The summed E-state index contributed by atoms with van der Waals surface area (Å²) in [7, 11) is -4.17. The average Bonchev–Trinajstić information content (AvgIpc) is 2.80. The van der Waals surface area contributed by atoms with Crippen LogP contribution in [0.3, 0.4) is 0 Å². The molecule has 0 bridgehead atoms. The molecule has 1 aromatic carbocycles. The number of nitrogens with one attached hydrogen (secondary N) is 1. The van der Waals surface area contributed by atoms with Gasteiger partial charge in [0.1, 0.15) is 16.5 Å². The van der Waals surface area contributed by atoms with Crippen LogP contribution in [-0.4, -0.2) is 43.3 Å². The lowest BCUT2D eigenvalue weighted by Gasteiger charge is -2.30. The normalized spacial score (nSPS) is 15.5. The van der Waals surface area contributed by atoms with Crippen molar-refractivity contribution in [2.24, 2.45) is 5.92 Å². The molecule has 1 amide bonds. The SMILES string of the molecule is CCCCOc1ncccc1CNC(=O)C1CCN(S(=O)(=O)c2cc(F)ccc2F)CC1. The zero-order valence-electron chi connectivity index (χ0n) is 17.9. The molecule has 10 heteroatoms. The number of ether oxygens (including phenoxy) is 1. The molecule has 7 nitrogen and oxygen atoms in total. The molecule has 3 rings (SSSR count). The van der Waals surface area contributed by atoms with E-state index in [2.05, 4.69) is 17.2 Å². The maximum atomic E-state index is 14.0. The van der Waals surface area contributed by atoms with Crippen LogP contribution in [0.15, 0.2) is 41.4 Å². The van der Waals surface area contributed by atoms with Gasteiger partial charge in [0.25, 0.3) is 0 Å². The maximum absolute atomic E-state index is 14.0. The number of hydrogen-bond donors (Lipinski definition) is 1. The highest BCUT2D eigenvalue weighted by atomic mass is 32.2. The van der Waals surface area contributed by atoms with Crippen molar-refractivity contribution in [1.29, 1.82) is 0 Å². The minimum absolute atomic E-state index is 0.0502. The lowest BCUT2D eigenvalue weighted by atomic mass is 9.97. The Morgan fingerprint density at radius 1 is 1.25 bits per heavy atom. The number of benzene rings is 1. The molecule has 2 heterocycles. The molecule has 1 fully saturated rings. The lowest BCUT2D eigenvalue weighted by Crippen LogP contribution is -2.43. The fourth-order valence-electron chi connectivity index (χ4n) is 3.50. The summed E-state index contributed by atoms with van der Waals surface area (Å²) in [6, 6.07) is 5.94. The highest BCUT2D eigenvalue weighted by molar-refractivity contribution is 7.89. The first-order chi connectivity index (χ1) is 15.3. The predicted octanol–water partition coefficient (Wildman–Crippen LogP) is 3.26. The standard InChI is InChI=1S/C22H27F2N3O4S/c1-2-3-13-31-22-17(5-4-10-25-22)15-26-21(28)16-8-11-27(12-9-16)32(29,30)20-14-18(23)6-7-19(20)24/h4-7,10,14,16H,2-3,8-9,11-13,15H2,1H3,(H,26,28). The van der Waals surface area contributed by atoms with E-state index in [4.69, 9.17) is 4.74 Å². The van der Waals surface area contributed by atoms with E-state index in [1.54, 1.807) is 12.3 Å². The van der Waals surface area contributed by atoms with Gasteiger partial charge in [0.2, 0.25) is 21.8 Å². The van der Waals surface area contributed by atoms with Gasteiger partial charge >= 0.3 is 0 Å². The summed E-state index contributed by atoms with van der Waals surface area (Å²) in [6.45, 7) is 2.96. The van der Waals surface area contributed by atoms with E-state index in [0.29, 0.717) is 18.6 Å². The average molecular weight is 468 g/mol. The predicted molar refractivity (Wildman–Crippen MR) is 114 cm³/mol. The second-order valence-electron chi connectivity index (χ2n) is 7.64. The number of hydrogen-bond acceptors (Lipinski definition) is 5. The Morgan fingerprint density at radius 2 is 2.00 bits per heavy atom. The van der Waals surface area contributed by atoms with Crippen molar-refractivity contribution in [2.45, 2.75) is 44.0 Å². The number of amides is 1. The van der Waals surface area contributed by atoms with Crippen LogP contribution in [0.4, 0.5) is 8.78 Å². The van der Waals surface area contributed by atoms with E-state index in [9.17, 15) is 22.0 Å². The Bertz CT molecular complexity index is 1040. The van der Waals surface area contributed by atoms with Crippen molar-refractivity contribution < 1.29 is 26.7 Å². The minimum Gasteiger partial charge on any atom is -0.477 e. The van der Waals surface area contributed by atoms with Gasteiger partial charge in [-0.15, -0.1) is 0 Å². The third kappa shape index (κ3) is 5.80. The summed E-state index contributed by atoms with van der Waals surface area (Å²) in [6.07, 6.45) is 4.11. The van der Waals surface area contributed by atoms with Crippen LogP contribution in [0.2, 0.25) is 0 Å². The van der Waals surface area contributed by atoms with Crippen molar-refractivity contribution in [3.63, 3.8) is 0 Å². The first-order valence-corrected chi connectivity index (χ1v) is 12.1. The zero-order chi connectivity index (χ0) is 23.1. The lowest BCUT2D eigenvalue weighted by molar-refractivity contribution is -0.126. The largest absolute Gasteiger partial charge is 0.477 e. The molecule has 0 aliphatic carbocycles. The van der Waals surface area contributed by atoms with Crippen molar-refractivity contribution >= 4 is 15.9 Å². The number of nitrogens with zero attached hydrogens (tertiary/aromatic N) is 2. The van der Waals surface area contributed by atoms with Gasteiger partial charge in [-0.3, -0.25) is 4.79 Å². The second kappa shape index (κ2) is 10.8. The number of carbonyl (C=O) groups excluding carboxylic acids is 1. The smallest absolute Gasteiger partial charge is 0.246 e. The van der Waals surface area contributed by atoms with Crippen LogP contribution < -0.4 is 10.1 Å². The number of pyridine rings is 1. The first kappa shape index (κ1) is 24.1. The Balaban J connectivity index is 1.56. The van der Waals surface area contributed by atoms with Crippen LogP contribution in [-0.2, 0) is 21.4 Å². The maximum Gasteiger partial charge on any atom is 0.246 e. The molecular weight excluding hydrogens is 440 g/mol. The zero-order valence-corrected chi connectivity index (χ0v) is 18.7. The van der Waals surface area contributed by atoms with Gasteiger partial charge in [-0.05, 0) is 43.5 Å². The highest BCUT2D eigenvalue weighted by Gasteiger charge is 2.33. The third-order valence-corrected chi connectivity index (χ3v) is 7.29. The molecule has 1 aliphatic rings. The van der Waals surface area contributed by atoms with Gasteiger partial charge < -0.3 is 10.1 Å². The Labute approximate surface area is 186 Å². The van der Waals surface area contributed by atoms with Crippen molar-refractivity contribution in [3.8, 4) is 5.88 Å². The first-order valence-electron chi connectivity index (χ1n) is 10.6. The van der Waals surface area contributed by atoms with Crippen LogP contribution in [0.25, 0.3) is 0 Å². The third-order valence-electron chi connectivity index (χ3n) is 5.38. The number of halogens is 2. The molecule has 0 spiro atoms. The van der Waals surface area contributed by atoms with Crippen LogP contribution in [0.1, 0.15) is 38.2 Å². The Morgan fingerprint density at radius 3 is 2.72 bits per heavy atom. The monoisotopic (exact) mass is 467 g/mol. The van der Waals surface area contributed by atoms with Gasteiger partial charge in [0.15, 0.2) is 0 Å². The molecule has 0 unspecified atom stereocenters. The molecule has 32 heavy (non-hydrogen) atoms. The van der Waals surface area contributed by atoms with Crippen molar-refractivity contribution in [2.75, 3.05) is 19.7 Å². The molecule has 0 radical (unpaired) electrons. The quantitative estimate of drug-likeness (QED) is 0.572. The number of piperidine rings is 1. The molecule has 1 N–H and O–H groups in total. The molecular formula is C22H27F2N3O4S. The van der Waals surface area contributed by atoms with Gasteiger partial charge in [-0.1, -0.05) is 19.4 Å². The number of unbranched alkanes of at least 4 members (excludes halogenated alkanes) is 1. The molecule has 1 aromatic heterocycles. The fraction of sp³-hybridized carbons (Fsp3) is 0.455. The Hall–Kier alpha value is -2.59. The van der Waals surface area contributed by atoms with Gasteiger partial charge in [0, 0.05) is 37.3 Å². The summed E-state index contributed by atoms with van der Waals surface area (Å²) in [4.78, 5) is 16.1. The van der Waals surface area contributed by atoms with Crippen LogP contribution in [0.5, 0.6) is 5.88 Å². The molecule has 0 saturated carbocycles. The minimum atomic E-state index is -4.17. The molecule has 0 atom stereocenters. The number of rotatable bonds is 9. The summed E-state index contributed by atoms with van der Waals surface area (Å²) >= 11 is 0. The van der Waals surface area contributed by atoms with E-state index < -0.39 is 26.6 Å². The Kier molecular flexibility index (Phi) is 8.14. The molecule has 2 aromatic rings. The van der Waals surface area contributed by atoms with Gasteiger partial charge in [-0.2, -0.15) is 4.31 Å². The molecule has 1 saturated heterocycles. The molecule has 174 valence electrons. The van der Waals surface area contributed by atoms with E-state index in [-0.39, 0.29) is 44.3 Å². The number of sulfonamides is 1. The van der Waals surface area contributed by atoms with E-state index in [0.717, 1.165) is 34.8 Å². The topological polar surface area (TPSA) is 88.6 Å². The summed E-state index contributed by atoms with van der Waals surface area (Å²) < 4.78 is 59.6. The summed E-state index contributed by atoms with van der Waals surface area (Å²) in [5.41, 5.74) is 0.763. The number of carbonyl (C=O) groups is 1. The van der Waals surface area contributed by atoms with E-state index in [1.807, 2.05) is 6.07 Å². The fourth-order valence-corrected chi connectivity index (χ4v) is 5.05. The van der Waals surface area contributed by atoms with Crippen LogP contribution in [0, 0.1) is 17.6 Å². The van der Waals surface area contributed by atoms with Gasteiger partial charge in [0.05, 0.1) is 6.61 Å². The summed E-state index contributed by atoms with van der Waals surface area (Å²) in [5.74, 6) is -1.91. The molecule has 1 aliphatic heterocycles. The van der Waals surface area contributed by atoms with Crippen LogP contribution >= 0.6 is 0 Å². The van der Waals surface area contributed by atoms with E-state index >= 15 is 0 Å². The summed E-state index contributed by atoms with van der Waals surface area (Å²) in [5, 5.41) is 2.86. The number of aromatic nitrogens is 1.